The maximum absolute atomic E-state index is 12.9. The van der Waals surface area contributed by atoms with Crippen LogP contribution in [0.2, 0.25) is 0 Å². The molecule has 7 nitrogen and oxygen atoms in total. The number of ether oxygens (including phenoxy) is 1. The second-order valence-corrected chi connectivity index (χ2v) is 8.30. The molecule has 29 heavy (non-hydrogen) atoms. The van der Waals surface area contributed by atoms with Gasteiger partial charge in [-0.2, -0.15) is 12.6 Å². The van der Waals surface area contributed by atoms with Crippen molar-refractivity contribution in [2.24, 2.45) is 11.7 Å². The van der Waals surface area contributed by atoms with Crippen LogP contribution in [0.4, 0.5) is 0 Å². The highest BCUT2D eigenvalue weighted by Gasteiger charge is 2.39. The first kappa shape index (κ1) is 23.4. The summed E-state index contributed by atoms with van der Waals surface area (Å²) in [5.74, 6) is -1.67. The Morgan fingerprint density at radius 2 is 1.93 bits per heavy atom. The zero-order valence-electron chi connectivity index (χ0n) is 16.9. The molecule has 1 aliphatic heterocycles. The number of carbonyl (C=O) groups excluding carboxylic acids is 2. The lowest BCUT2D eigenvalue weighted by atomic mass is 9.98. The van der Waals surface area contributed by atoms with Crippen LogP contribution in [0.1, 0.15) is 38.7 Å². The predicted molar refractivity (Wildman–Crippen MR) is 113 cm³/mol. The van der Waals surface area contributed by atoms with Gasteiger partial charge in [0.25, 0.3) is 0 Å². The largest absolute Gasteiger partial charge is 0.480 e. The van der Waals surface area contributed by atoms with Gasteiger partial charge in [-0.05, 0) is 24.3 Å². The number of amides is 1. The molecule has 1 amide bonds. The van der Waals surface area contributed by atoms with Gasteiger partial charge in [-0.25, -0.2) is 4.79 Å². The van der Waals surface area contributed by atoms with E-state index in [4.69, 9.17) is 10.5 Å². The number of carboxylic acid groups (broad SMARTS) is 1. The Bertz CT molecular complexity index is 712. The quantitative estimate of drug-likeness (QED) is 0.497. The van der Waals surface area contributed by atoms with Gasteiger partial charge in [0.15, 0.2) is 0 Å². The number of ketones is 1. The standard InChI is InChI=1S/C21H30N2O5S/c1-13(2)19(29)16(24)11-17(28-12-14-7-4-3-5-8-14)18(22)20(25)23-10-6-9-15(23)21(26)27/h3-5,7-8,13,15,17-19,29H,6,9-12,22H2,1-2H3,(H,26,27)/t15-,17?,18?,19?/m0/s1. The summed E-state index contributed by atoms with van der Waals surface area (Å²) in [5.41, 5.74) is 7.10. The third-order valence-corrected chi connectivity index (χ3v) is 6.06. The average molecular weight is 423 g/mol. The molecular formula is C21H30N2O5S. The first-order chi connectivity index (χ1) is 13.7. The molecule has 1 aliphatic rings. The van der Waals surface area contributed by atoms with E-state index in [0.717, 1.165) is 5.56 Å². The predicted octanol–water partition coefficient (Wildman–Crippen LogP) is 1.89. The lowest BCUT2D eigenvalue weighted by Gasteiger charge is -2.30. The highest BCUT2D eigenvalue weighted by molar-refractivity contribution is 7.81. The van der Waals surface area contributed by atoms with Crippen LogP contribution in [0.3, 0.4) is 0 Å². The van der Waals surface area contributed by atoms with Gasteiger partial charge in [-0.15, -0.1) is 0 Å². The maximum Gasteiger partial charge on any atom is 0.326 e. The maximum atomic E-state index is 12.9. The molecule has 1 saturated heterocycles. The minimum absolute atomic E-state index is 0.0301. The normalized spacial score (nSPS) is 19.8. The monoisotopic (exact) mass is 422 g/mol. The SMILES string of the molecule is CC(C)C(S)C(=O)CC(OCc1ccccc1)C(N)C(=O)N1CCC[C@H]1C(=O)O. The number of hydrogen-bond donors (Lipinski definition) is 3. The highest BCUT2D eigenvalue weighted by Crippen LogP contribution is 2.22. The van der Waals surface area contributed by atoms with Crippen LogP contribution in [0.5, 0.6) is 0 Å². The molecule has 3 unspecified atom stereocenters. The van der Waals surface area contributed by atoms with E-state index in [1.54, 1.807) is 0 Å². The molecular weight excluding hydrogens is 392 g/mol. The first-order valence-electron chi connectivity index (χ1n) is 9.87. The van der Waals surface area contributed by atoms with Gasteiger partial charge in [0.05, 0.1) is 18.0 Å². The summed E-state index contributed by atoms with van der Waals surface area (Å²) in [6, 6.07) is 7.36. The molecule has 0 spiro atoms. The van der Waals surface area contributed by atoms with E-state index in [0.29, 0.717) is 19.4 Å². The van der Waals surface area contributed by atoms with Gasteiger partial charge in [0.1, 0.15) is 17.9 Å². The molecule has 0 bridgehead atoms. The molecule has 0 saturated carbocycles. The Hall–Kier alpha value is -1.90. The van der Waals surface area contributed by atoms with E-state index in [-0.39, 0.29) is 24.7 Å². The van der Waals surface area contributed by atoms with E-state index in [1.807, 2.05) is 44.2 Å². The van der Waals surface area contributed by atoms with Gasteiger partial charge in [-0.1, -0.05) is 44.2 Å². The Balaban J connectivity index is 2.14. The topological polar surface area (TPSA) is 110 Å². The molecule has 0 aliphatic carbocycles. The number of carboxylic acids is 1. The number of nitrogens with two attached hydrogens (primary N) is 1. The van der Waals surface area contributed by atoms with Gasteiger partial charge in [0.2, 0.25) is 5.91 Å². The summed E-state index contributed by atoms with van der Waals surface area (Å²) in [5, 5.41) is 8.87. The molecule has 1 fully saturated rings. The number of thiol groups is 1. The zero-order chi connectivity index (χ0) is 21.6. The van der Waals surface area contributed by atoms with Crippen LogP contribution in [-0.2, 0) is 25.7 Å². The summed E-state index contributed by atoms with van der Waals surface area (Å²) >= 11 is 4.36. The molecule has 1 aromatic rings. The third-order valence-electron chi connectivity index (χ3n) is 5.18. The zero-order valence-corrected chi connectivity index (χ0v) is 17.8. The van der Waals surface area contributed by atoms with Gasteiger partial charge >= 0.3 is 5.97 Å². The second-order valence-electron chi connectivity index (χ2n) is 7.75. The van der Waals surface area contributed by atoms with E-state index >= 15 is 0 Å². The van der Waals surface area contributed by atoms with Crippen molar-refractivity contribution in [3.05, 3.63) is 35.9 Å². The van der Waals surface area contributed by atoms with E-state index in [1.165, 1.54) is 4.90 Å². The summed E-state index contributed by atoms with van der Waals surface area (Å²) in [7, 11) is 0. The molecule has 2 rings (SSSR count). The molecule has 8 heteroatoms. The summed E-state index contributed by atoms with van der Waals surface area (Å²) in [4.78, 5) is 38.2. The molecule has 0 radical (unpaired) electrons. The Morgan fingerprint density at radius 1 is 1.28 bits per heavy atom. The Kier molecular flexibility index (Phi) is 8.67. The summed E-state index contributed by atoms with van der Waals surface area (Å²) < 4.78 is 5.89. The van der Waals surface area contributed by atoms with Gasteiger partial charge < -0.3 is 20.5 Å². The Morgan fingerprint density at radius 3 is 2.52 bits per heavy atom. The molecule has 3 N–H and O–H groups in total. The number of carbonyl (C=O) groups is 3. The van der Waals surface area contributed by atoms with E-state index in [9.17, 15) is 19.5 Å². The van der Waals surface area contributed by atoms with Crippen molar-refractivity contribution >= 4 is 30.3 Å². The van der Waals surface area contributed by atoms with Crippen LogP contribution >= 0.6 is 12.6 Å². The average Bonchev–Trinajstić information content (AvgIpc) is 3.20. The number of Topliss-reactive ketones (excluding diaryl/α,β-unsaturated/α-hetero) is 1. The first-order valence-corrected chi connectivity index (χ1v) is 10.4. The summed E-state index contributed by atoms with van der Waals surface area (Å²) in [6.07, 6.45) is 0.0840. The number of rotatable bonds is 10. The molecule has 0 aromatic heterocycles. The van der Waals surface area contributed by atoms with Gasteiger partial charge in [-0.3, -0.25) is 9.59 Å². The smallest absolute Gasteiger partial charge is 0.326 e. The van der Waals surface area contributed by atoms with Crippen molar-refractivity contribution < 1.29 is 24.2 Å². The van der Waals surface area contributed by atoms with Crippen molar-refractivity contribution in [3.8, 4) is 0 Å². The minimum atomic E-state index is -1.13. The molecule has 1 heterocycles. The van der Waals surface area contributed by atoms with Crippen LogP contribution in [0, 0.1) is 5.92 Å². The lowest BCUT2D eigenvalue weighted by Crippen LogP contribution is -2.54. The molecule has 160 valence electrons. The highest BCUT2D eigenvalue weighted by atomic mass is 32.1. The van der Waals surface area contributed by atoms with Crippen molar-refractivity contribution in [2.45, 2.75) is 63.2 Å². The minimum Gasteiger partial charge on any atom is -0.480 e. The number of likely N-dealkylation sites (tertiary alicyclic amines) is 1. The fourth-order valence-corrected chi connectivity index (χ4v) is 3.50. The fraction of sp³-hybridized carbons (Fsp3) is 0.571. The van der Waals surface area contributed by atoms with Crippen LogP contribution in [-0.4, -0.2) is 57.6 Å². The van der Waals surface area contributed by atoms with Crippen molar-refractivity contribution in [1.29, 1.82) is 0 Å². The fourth-order valence-electron chi connectivity index (χ4n) is 3.40. The van der Waals surface area contributed by atoms with Crippen LogP contribution in [0.15, 0.2) is 30.3 Å². The van der Waals surface area contributed by atoms with E-state index < -0.39 is 35.3 Å². The van der Waals surface area contributed by atoms with Crippen molar-refractivity contribution in [1.82, 2.24) is 4.90 Å². The number of aliphatic carboxylic acids is 1. The van der Waals surface area contributed by atoms with Crippen molar-refractivity contribution in [2.75, 3.05) is 6.54 Å². The number of hydrogen-bond acceptors (Lipinski definition) is 6. The lowest BCUT2D eigenvalue weighted by molar-refractivity contribution is -0.150. The van der Waals surface area contributed by atoms with Crippen molar-refractivity contribution in [3.63, 3.8) is 0 Å². The molecule has 4 atom stereocenters. The molecule has 1 aromatic carbocycles. The van der Waals surface area contributed by atoms with E-state index in [2.05, 4.69) is 12.6 Å². The Labute approximate surface area is 177 Å². The number of nitrogens with zero attached hydrogens (tertiary/aromatic N) is 1. The summed E-state index contributed by atoms with van der Waals surface area (Å²) in [6.45, 7) is 4.31. The van der Waals surface area contributed by atoms with Crippen LogP contribution < -0.4 is 5.73 Å². The van der Waals surface area contributed by atoms with Crippen LogP contribution in [0.25, 0.3) is 0 Å². The second kappa shape index (κ2) is 10.8. The third kappa shape index (κ3) is 6.29. The number of benzene rings is 1. The van der Waals surface area contributed by atoms with Gasteiger partial charge in [0, 0.05) is 13.0 Å².